The highest BCUT2D eigenvalue weighted by Gasteiger charge is 2.15. The minimum Gasteiger partial charge on any atom is -0.402 e. The molecule has 0 aromatic carbocycles. The van der Waals surface area contributed by atoms with Gasteiger partial charge in [-0.15, -0.1) is 0 Å². The first-order chi connectivity index (χ1) is 5.11. The number of hydrogen-bond acceptors (Lipinski definition) is 2. The molecule has 2 N–H and O–H groups in total. The summed E-state index contributed by atoms with van der Waals surface area (Å²) < 4.78 is 0. The van der Waals surface area contributed by atoms with E-state index in [9.17, 15) is 4.79 Å². The van der Waals surface area contributed by atoms with Gasteiger partial charge in [-0.05, 0) is 30.0 Å². The van der Waals surface area contributed by atoms with Gasteiger partial charge in [-0.2, -0.15) is 0 Å². The molecule has 0 aliphatic heterocycles. The van der Waals surface area contributed by atoms with E-state index in [1.54, 1.807) is 12.2 Å². The van der Waals surface area contributed by atoms with Crippen LogP contribution in [0.15, 0.2) is 23.4 Å². The van der Waals surface area contributed by atoms with Crippen LogP contribution in [0, 0.1) is 5.92 Å². The van der Waals surface area contributed by atoms with Gasteiger partial charge >= 0.3 is 0 Å². The van der Waals surface area contributed by atoms with Gasteiger partial charge in [-0.3, -0.25) is 4.79 Å². The van der Waals surface area contributed by atoms with Crippen LogP contribution in [0.3, 0.4) is 0 Å². The second-order valence-corrected chi connectivity index (χ2v) is 3.08. The van der Waals surface area contributed by atoms with Crippen LogP contribution in [0.4, 0.5) is 0 Å². The molecule has 0 saturated heterocycles. The summed E-state index contributed by atoms with van der Waals surface area (Å²) in [4.78, 5) is 10.7. The lowest BCUT2D eigenvalue weighted by Gasteiger charge is -2.15. The monoisotopic (exact) mass is 171 g/mol. The van der Waals surface area contributed by atoms with Crippen molar-refractivity contribution in [3.63, 3.8) is 0 Å². The normalized spacial score (nSPS) is 24.0. The summed E-state index contributed by atoms with van der Waals surface area (Å²) in [6.45, 7) is 1.97. The minimum atomic E-state index is -0.374. The largest absolute Gasteiger partial charge is 0.402 e. The van der Waals surface area contributed by atoms with Crippen molar-refractivity contribution in [1.29, 1.82) is 0 Å². The maximum atomic E-state index is 10.7. The van der Waals surface area contributed by atoms with E-state index in [1.165, 1.54) is 0 Å². The van der Waals surface area contributed by atoms with Crippen molar-refractivity contribution >= 4 is 16.8 Å². The molecular weight excluding hydrogens is 162 g/mol. The Balaban J connectivity index is 2.82. The fraction of sp³-hybridized carbons (Fsp3) is 0.375. The molecule has 1 unspecified atom stereocenters. The lowest BCUT2D eigenvalue weighted by Crippen LogP contribution is -2.14. The van der Waals surface area contributed by atoms with E-state index >= 15 is 0 Å². The molecule has 1 rings (SSSR count). The highest BCUT2D eigenvalue weighted by atomic mass is 35.5. The van der Waals surface area contributed by atoms with Crippen molar-refractivity contribution in [2.24, 2.45) is 11.7 Å². The number of carbonyl (C=O) groups excluding carboxylic acids is 1. The summed E-state index contributed by atoms with van der Waals surface area (Å²) in [6, 6.07) is 0. The lowest BCUT2D eigenvalue weighted by atomic mass is 9.94. The molecule has 1 atom stereocenters. The van der Waals surface area contributed by atoms with Gasteiger partial charge in [0.15, 0.2) is 0 Å². The van der Waals surface area contributed by atoms with Crippen LogP contribution >= 0.6 is 11.6 Å². The smallest absolute Gasteiger partial charge is 0.248 e. The van der Waals surface area contributed by atoms with E-state index in [4.69, 9.17) is 17.3 Å². The van der Waals surface area contributed by atoms with Crippen molar-refractivity contribution in [3.8, 4) is 0 Å². The summed E-state index contributed by atoms with van der Waals surface area (Å²) in [6.07, 6.45) is 4.08. The molecular formula is C8H10ClNO. The SMILES string of the molecule is CC1CC(C(=O)Cl)=CC=C1N. The molecule has 0 saturated carbocycles. The molecule has 0 spiro atoms. The molecule has 0 aromatic rings. The summed E-state index contributed by atoms with van der Waals surface area (Å²) in [7, 11) is 0. The van der Waals surface area contributed by atoms with Gasteiger partial charge in [0.2, 0.25) is 5.24 Å². The Morgan fingerprint density at radius 3 is 2.82 bits per heavy atom. The maximum Gasteiger partial charge on any atom is 0.248 e. The van der Waals surface area contributed by atoms with Crippen LogP contribution in [0.2, 0.25) is 0 Å². The first kappa shape index (κ1) is 8.34. The third-order valence-electron chi connectivity index (χ3n) is 1.82. The van der Waals surface area contributed by atoms with Gasteiger partial charge in [0.05, 0.1) is 0 Å². The maximum absolute atomic E-state index is 10.7. The van der Waals surface area contributed by atoms with Crippen molar-refractivity contribution in [3.05, 3.63) is 23.4 Å². The molecule has 0 bridgehead atoms. The summed E-state index contributed by atoms with van der Waals surface area (Å²) >= 11 is 5.29. The van der Waals surface area contributed by atoms with Gasteiger partial charge in [-0.1, -0.05) is 13.0 Å². The summed E-state index contributed by atoms with van der Waals surface area (Å²) in [5.41, 5.74) is 7.06. The lowest BCUT2D eigenvalue weighted by molar-refractivity contribution is -0.108. The zero-order chi connectivity index (χ0) is 8.43. The molecule has 0 heterocycles. The van der Waals surface area contributed by atoms with Crippen molar-refractivity contribution in [1.82, 2.24) is 0 Å². The van der Waals surface area contributed by atoms with Crippen LogP contribution in [0.1, 0.15) is 13.3 Å². The number of nitrogens with two attached hydrogens (primary N) is 1. The molecule has 0 radical (unpaired) electrons. The van der Waals surface area contributed by atoms with Gasteiger partial charge in [0.1, 0.15) is 0 Å². The Morgan fingerprint density at radius 2 is 2.36 bits per heavy atom. The van der Waals surface area contributed by atoms with Crippen LogP contribution in [-0.4, -0.2) is 5.24 Å². The van der Waals surface area contributed by atoms with E-state index < -0.39 is 0 Å². The number of halogens is 1. The summed E-state index contributed by atoms with van der Waals surface area (Å²) in [5.74, 6) is 0.234. The zero-order valence-corrected chi connectivity index (χ0v) is 7.06. The number of carbonyl (C=O) groups is 1. The van der Waals surface area contributed by atoms with Crippen molar-refractivity contribution in [2.75, 3.05) is 0 Å². The van der Waals surface area contributed by atoms with Gasteiger partial charge in [-0.25, -0.2) is 0 Å². The first-order valence-corrected chi connectivity index (χ1v) is 3.85. The Morgan fingerprint density at radius 1 is 1.73 bits per heavy atom. The predicted molar refractivity (Wildman–Crippen MR) is 45.0 cm³/mol. The molecule has 0 amide bonds. The highest BCUT2D eigenvalue weighted by molar-refractivity contribution is 6.67. The molecule has 11 heavy (non-hydrogen) atoms. The molecule has 60 valence electrons. The Kier molecular flexibility index (Phi) is 2.35. The van der Waals surface area contributed by atoms with Gasteiger partial charge < -0.3 is 5.73 Å². The van der Waals surface area contributed by atoms with E-state index in [0.29, 0.717) is 12.0 Å². The Hall–Kier alpha value is -0.760. The Bertz CT molecular complexity index is 242. The molecule has 1 aliphatic carbocycles. The van der Waals surface area contributed by atoms with Gasteiger partial charge in [0.25, 0.3) is 0 Å². The average Bonchev–Trinajstić information content (AvgIpc) is 1.94. The number of allylic oxidation sites excluding steroid dienone is 4. The molecule has 3 heteroatoms. The van der Waals surface area contributed by atoms with E-state index in [-0.39, 0.29) is 11.2 Å². The number of rotatable bonds is 1. The zero-order valence-electron chi connectivity index (χ0n) is 6.30. The van der Waals surface area contributed by atoms with Crippen molar-refractivity contribution < 1.29 is 4.79 Å². The fourth-order valence-corrected chi connectivity index (χ4v) is 1.16. The quantitative estimate of drug-likeness (QED) is 0.609. The average molecular weight is 172 g/mol. The van der Waals surface area contributed by atoms with E-state index in [1.807, 2.05) is 6.92 Å². The minimum absolute atomic E-state index is 0.234. The highest BCUT2D eigenvalue weighted by Crippen LogP contribution is 2.22. The second kappa shape index (κ2) is 3.09. The van der Waals surface area contributed by atoms with Crippen LogP contribution in [0.5, 0.6) is 0 Å². The third-order valence-corrected chi connectivity index (χ3v) is 2.07. The standard InChI is InChI=1S/C8H10ClNO/c1-5-4-6(8(9)11)2-3-7(5)10/h2-3,5H,4,10H2,1H3. The fourth-order valence-electron chi connectivity index (χ4n) is 1.02. The van der Waals surface area contributed by atoms with E-state index in [2.05, 4.69) is 0 Å². The van der Waals surface area contributed by atoms with Crippen LogP contribution < -0.4 is 5.73 Å². The topological polar surface area (TPSA) is 43.1 Å². The van der Waals surface area contributed by atoms with Gasteiger partial charge in [0, 0.05) is 11.3 Å². The third kappa shape index (κ3) is 1.84. The van der Waals surface area contributed by atoms with Crippen molar-refractivity contribution in [2.45, 2.75) is 13.3 Å². The molecule has 2 nitrogen and oxygen atoms in total. The predicted octanol–water partition coefficient (Wildman–Crippen LogP) is 1.56. The van der Waals surface area contributed by atoms with E-state index in [0.717, 1.165) is 5.70 Å². The molecule has 0 fully saturated rings. The first-order valence-electron chi connectivity index (χ1n) is 3.47. The van der Waals surface area contributed by atoms with Crippen LogP contribution in [-0.2, 0) is 4.79 Å². The molecule has 1 aliphatic rings. The molecule has 0 aromatic heterocycles. The Labute approximate surface area is 70.7 Å². The number of hydrogen-bond donors (Lipinski definition) is 1. The van der Waals surface area contributed by atoms with Crippen LogP contribution in [0.25, 0.3) is 0 Å². The summed E-state index contributed by atoms with van der Waals surface area (Å²) in [5, 5.41) is -0.374. The second-order valence-electron chi connectivity index (χ2n) is 2.74.